The van der Waals surface area contributed by atoms with Gasteiger partial charge in [-0.1, -0.05) is 0 Å². The van der Waals surface area contributed by atoms with Gasteiger partial charge in [-0.15, -0.1) is 0 Å². The zero-order valence-electron chi connectivity index (χ0n) is 7.52. The van der Waals surface area contributed by atoms with Crippen LogP contribution in [0.1, 0.15) is 39.0 Å². The first-order valence-electron chi connectivity index (χ1n) is 4.66. The maximum absolute atomic E-state index is 11.5. The molecule has 3 nitrogen and oxygen atoms in total. The summed E-state index contributed by atoms with van der Waals surface area (Å²) in [6, 6.07) is 0. The molecule has 2 aliphatic rings. The van der Waals surface area contributed by atoms with Crippen LogP contribution in [0.15, 0.2) is 0 Å². The van der Waals surface area contributed by atoms with E-state index in [0.717, 1.165) is 25.7 Å². The van der Waals surface area contributed by atoms with Gasteiger partial charge in [-0.2, -0.15) is 0 Å². The number of rotatable bonds is 2. The molecule has 0 aromatic rings. The number of nitrogens with two attached hydrogens (primary N) is 1. The van der Waals surface area contributed by atoms with Gasteiger partial charge in [0, 0.05) is 5.54 Å². The van der Waals surface area contributed by atoms with Gasteiger partial charge < -0.3 is 11.1 Å². The molecule has 0 atom stereocenters. The van der Waals surface area contributed by atoms with Gasteiger partial charge >= 0.3 is 0 Å². The summed E-state index contributed by atoms with van der Waals surface area (Å²) in [5.74, 6) is 0.0599. The summed E-state index contributed by atoms with van der Waals surface area (Å²) in [6.45, 7) is 2.10. The lowest BCUT2D eigenvalue weighted by molar-refractivity contribution is -0.126. The molecule has 1 amide bonds. The second kappa shape index (κ2) is 2.22. The molecule has 0 heterocycles. The third-order valence-corrected chi connectivity index (χ3v) is 3.11. The highest BCUT2D eigenvalue weighted by Gasteiger charge is 2.48. The largest absolute Gasteiger partial charge is 0.349 e. The van der Waals surface area contributed by atoms with Gasteiger partial charge in [-0.3, -0.25) is 4.79 Å². The lowest BCUT2D eigenvalue weighted by atomic mass is 9.78. The molecule has 3 N–H and O–H groups in total. The zero-order chi connectivity index (χ0) is 8.82. The van der Waals surface area contributed by atoms with Crippen molar-refractivity contribution in [3.05, 3.63) is 0 Å². The van der Waals surface area contributed by atoms with Crippen LogP contribution in [0.25, 0.3) is 0 Å². The van der Waals surface area contributed by atoms with Gasteiger partial charge in [-0.05, 0) is 39.0 Å². The monoisotopic (exact) mass is 168 g/mol. The number of nitrogens with one attached hydrogen (secondary N) is 1. The van der Waals surface area contributed by atoms with E-state index in [1.54, 1.807) is 0 Å². The first-order chi connectivity index (χ1) is 5.54. The van der Waals surface area contributed by atoms with Crippen molar-refractivity contribution < 1.29 is 4.79 Å². The molecule has 0 spiro atoms. The molecule has 0 aromatic carbocycles. The molecule has 2 fully saturated rings. The van der Waals surface area contributed by atoms with E-state index in [4.69, 9.17) is 5.73 Å². The quantitative estimate of drug-likeness (QED) is 0.632. The van der Waals surface area contributed by atoms with Crippen molar-refractivity contribution in [1.82, 2.24) is 5.32 Å². The van der Waals surface area contributed by atoms with Crippen molar-refractivity contribution in [1.29, 1.82) is 0 Å². The lowest BCUT2D eigenvalue weighted by Gasteiger charge is -2.39. The van der Waals surface area contributed by atoms with Crippen LogP contribution in [-0.2, 0) is 4.79 Å². The molecule has 2 rings (SSSR count). The Labute approximate surface area is 72.7 Å². The second-order valence-corrected chi connectivity index (χ2v) is 4.52. The molecule has 68 valence electrons. The van der Waals surface area contributed by atoms with Crippen molar-refractivity contribution in [2.75, 3.05) is 0 Å². The molecular weight excluding hydrogens is 152 g/mol. The fourth-order valence-corrected chi connectivity index (χ4v) is 1.59. The number of hydrogen-bond acceptors (Lipinski definition) is 2. The molecule has 0 aromatic heterocycles. The third-order valence-electron chi connectivity index (χ3n) is 3.11. The highest BCUT2D eigenvalue weighted by molar-refractivity contribution is 5.89. The predicted octanol–water partition coefficient (Wildman–Crippen LogP) is 0.536. The molecule has 0 aliphatic heterocycles. The zero-order valence-corrected chi connectivity index (χ0v) is 7.52. The van der Waals surface area contributed by atoms with Crippen molar-refractivity contribution in [2.24, 2.45) is 5.73 Å². The van der Waals surface area contributed by atoms with Crippen LogP contribution >= 0.6 is 0 Å². The van der Waals surface area contributed by atoms with Gasteiger partial charge in [0.2, 0.25) is 5.91 Å². The minimum absolute atomic E-state index is 0.0599. The summed E-state index contributed by atoms with van der Waals surface area (Å²) < 4.78 is 0. The minimum Gasteiger partial charge on any atom is -0.349 e. The van der Waals surface area contributed by atoms with Crippen LogP contribution in [0.5, 0.6) is 0 Å². The van der Waals surface area contributed by atoms with Crippen molar-refractivity contribution in [3.8, 4) is 0 Å². The third kappa shape index (κ3) is 1.22. The maximum Gasteiger partial charge on any atom is 0.240 e. The lowest BCUT2D eigenvalue weighted by Crippen LogP contribution is -2.56. The van der Waals surface area contributed by atoms with E-state index in [0.29, 0.717) is 0 Å². The van der Waals surface area contributed by atoms with Crippen LogP contribution < -0.4 is 11.1 Å². The topological polar surface area (TPSA) is 55.1 Å². The fourth-order valence-electron chi connectivity index (χ4n) is 1.59. The van der Waals surface area contributed by atoms with Gasteiger partial charge in [0.15, 0.2) is 0 Å². The van der Waals surface area contributed by atoms with Crippen LogP contribution in [0.4, 0.5) is 0 Å². The van der Waals surface area contributed by atoms with Crippen molar-refractivity contribution in [2.45, 2.75) is 50.1 Å². The number of hydrogen-bond donors (Lipinski definition) is 2. The summed E-state index contributed by atoms with van der Waals surface area (Å²) >= 11 is 0. The predicted molar refractivity (Wildman–Crippen MR) is 46.6 cm³/mol. The Balaban J connectivity index is 1.90. The van der Waals surface area contributed by atoms with Crippen molar-refractivity contribution >= 4 is 5.91 Å². The van der Waals surface area contributed by atoms with E-state index in [1.807, 2.05) is 0 Å². The molecule has 12 heavy (non-hydrogen) atoms. The Kier molecular flexibility index (Phi) is 1.49. The smallest absolute Gasteiger partial charge is 0.240 e. The first-order valence-corrected chi connectivity index (χ1v) is 4.66. The Hall–Kier alpha value is -0.570. The van der Waals surface area contributed by atoms with E-state index in [-0.39, 0.29) is 11.4 Å². The highest BCUT2D eigenvalue weighted by atomic mass is 16.2. The SMILES string of the molecule is CC1(NC(=O)C2(N)CC2)CCC1. The fraction of sp³-hybridized carbons (Fsp3) is 0.889. The minimum atomic E-state index is -0.501. The average Bonchev–Trinajstić information content (AvgIpc) is 2.66. The summed E-state index contributed by atoms with van der Waals surface area (Å²) in [5.41, 5.74) is 5.32. The summed E-state index contributed by atoms with van der Waals surface area (Å²) in [6.07, 6.45) is 5.15. The average molecular weight is 168 g/mol. The summed E-state index contributed by atoms with van der Waals surface area (Å²) in [4.78, 5) is 11.5. The number of carbonyl (C=O) groups excluding carboxylic acids is 1. The maximum atomic E-state index is 11.5. The Morgan fingerprint density at radius 2 is 1.92 bits per heavy atom. The molecule has 0 saturated heterocycles. The van der Waals surface area contributed by atoms with E-state index >= 15 is 0 Å². The first kappa shape index (κ1) is 8.05. The van der Waals surface area contributed by atoms with Gasteiger partial charge in [-0.25, -0.2) is 0 Å². The molecule has 3 heteroatoms. The van der Waals surface area contributed by atoms with Crippen LogP contribution in [0.3, 0.4) is 0 Å². The molecule has 2 saturated carbocycles. The standard InChI is InChI=1S/C9H16N2O/c1-8(3-2-4-8)11-7(12)9(10)5-6-9/h2-6,10H2,1H3,(H,11,12). The van der Waals surface area contributed by atoms with E-state index in [1.165, 1.54) is 6.42 Å². The summed E-state index contributed by atoms with van der Waals surface area (Å²) in [5, 5.41) is 3.03. The molecule has 0 radical (unpaired) electrons. The van der Waals surface area contributed by atoms with Crippen LogP contribution in [-0.4, -0.2) is 17.0 Å². The van der Waals surface area contributed by atoms with E-state index in [9.17, 15) is 4.79 Å². The number of carbonyl (C=O) groups is 1. The Morgan fingerprint density at radius 3 is 2.25 bits per heavy atom. The normalized spacial score (nSPS) is 28.8. The Bertz CT molecular complexity index is 217. The molecule has 0 unspecified atom stereocenters. The molecule has 2 aliphatic carbocycles. The number of amides is 1. The van der Waals surface area contributed by atoms with E-state index < -0.39 is 5.54 Å². The highest BCUT2D eigenvalue weighted by Crippen LogP contribution is 2.36. The van der Waals surface area contributed by atoms with Crippen LogP contribution in [0.2, 0.25) is 0 Å². The van der Waals surface area contributed by atoms with Gasteiger partial charge in [0.05, 0.1) is 5.54 Å². The second-order valence-electron chi connectivity index (χ2n) is 4.52. The summed E-state index contributed by atoms with van der Waals surface area (Å²) in [7, 11) is 0. The van der Waals surface area contributed by atoms with Gasteiger partial charge in [0.25, 0.3) is 0 Å². The molecule has 0 bridgehead atoms. The van der Waals surface area contributed by atoms with Crippen LogP contribution in [0, 0.1) is 0 Å². The molecular formula is C9H16N2O. The van der Waals surface area contributed by atoms with Crippen molar-refractivity contribution in [3.63, 3.8) is 0 Å². The Morgan fingerprint density at radius 1 is 1.33 bits per heavy atom. The van der Waals surface area contributed by atoms with E-state index in [2.05, 4.69) is 12.2 Å². The van der Waals surface area contributed by atoms with Gasteiger partial charge in [0.1, 0.15) is 0 Å².